The molecule has 0 aliphatic heterocycles. The van der Waals surface area contributed by atoms with Gasteiger partial charge in [0, 0.05) is 21.9 Å². The number of furan rings is 1. The lowest BCUT2D eigenvalue weighted by Gasteiger charge is -2.24. The van der Waals surface area contributed by atoms with Gasteiger partial charge in [0.1, 0.15) is 58.2 Å². The standard InChI is InChI=1S/C46H34B6O/c47-40-29-17-7-5-15-27(29)36(28-16-6-8-18-30(28)40)32-20-9-21-33-37-31(19-10-22-34(37)53-46(32)33)35-23-11-1-3-13-25(23)38(26-14-4-2-12-24(26)35)39-41(48)43(50)45(52)44(51)42(39)49/h1-22H,47-52H2. The maximum absolute atomic E-state index is 7.01. The fourth-order valence-corrected chi connectivity index (χ4v) is 9.45. The van der Waals surface area contributed by atoms with Gasteiger partial charge in [0.25, 0.3) is 0 Å². The summed E-state index contributed by atoms with van der Waals surface area (Å²) in [5, 5.41) is 12.4. The monoisotopic (exact) mass is 668 g/mol. The van der Waals surface area contributed by atoms with Crippen LogP contribution in [0.5, 0.6) is 0 Å². The van der Waals surface area contributed by atoms with E-state index in [1.54, 1.807) is 0 Å². The molecule has 10 rings (SSSR count). The average molecular weight is 668 g/mol. The van der Waals surface area contributed by atoms with Crippen molar-refractivity contribution in [3.05, 3.63) is 133 Å². The van der Waals surface area contributed by atoms with Gasteiger partial charge in [0.05, 0.1) is 0 Å². The van der Waals surface area contributed by atoms with Crippen molar-refractivity contribution >= 4 is 145 Å². The minimum atomic E-state index is 0.902. The van der Waals surface area contributed by atoms with E-state index in [4.69, 9.17) is 4.42 Å². The topological polar surface area (TPSA) is 13.1 Å². The van der Waals surface area contributed by atoms with E-state index in [0.717, 1.165) is 27.5 Å². The van der Waals surface area contributed by atoms with Gasteiger partial charge in [-0.25, -0.2) is 0 Å². The molecule has 1 heterocycles. The Kier molecular flexibility index (Phi) is 7.14. The summed E-state index contributed by atoms with van der Waals surface area (Å²) in [7, 11) is 13.7. The van der Waals surface area contributed by atoms with E-state index in [9.17, 15) is 0 Å². The van der Waals surface area contributed by atoms with Crippen molar-refractivity contribution in [2.75, 3.05) is 0 Å². The van der Waals surface area contributed by atoms with E-state index in [-0.39, 0.29) is 0 Å². The number of fused-ring (bicyclic) bond motifs is 7. The molecule has 0 fully saturated rings. The Bertz CT molecular complexity index is 3050. The van der Waals surface area contributed by atoms with Crippen LogP contribution in [0.3, 0.4) is 0 Å². The second-order valence-corrected chi connectivity index (χ2v) is 14.9. The van der Waals surface area contributed by atoms with Crippen LogP contribution in [0.15, 0.2) is 138 Å². The average Bonchev–Trinajstić information content (AvgIpc) is 3.59. The Morgan fingerprint density at radius 2 is 0.660 bits per heavy atom. The van der Waals surface area contributed by atoms with Gasteiger partial charge in [-0.15, -0.1) is 16.4 Å². The Labute approximate surface area is 314 Å². The molecule has 0 saturated carbocycles. The van der Waals surface area contributed by atoms with Crippen molar-refractivity contribution in [3.8, 4) is 33.4 Å². The van der Waals surface area contributed by atoms with E-state index >= 15 is 0 Å². The SMILES string of the molecule is Bc1c(B)c(B)c(-c2c3ccccc3c(-c3cccc4oc5c(-c6c7ccccc7c(B)c7ccccc67)cccc5c34)c3ccccc23)c(B)c1B. The molecule has 0 unspecified atom stereocenters. The zero-order valence-electron chi connectivity index (χ0n) is 31.1. The molecule has 1 aromatic heterocycles. The summed E-state index contributed by atoms with van der Waals surface area (Å²) in [4.78, 5) is 0. The molecule has 0 amide bonds. The molecule has 0 aliphatic rings. The highest BCUT2D eigenvalue weighted by Crippen LogP contribution is 2.48. The smallest absolute Gasteiger partial charge is 0.143 e. The Balaban J connectivity index is 1.33. The van der Waals surface area contributed by atoms with Crippen LogP contribution < -0.4 is 32.8 Å². The highest BCUT2D eigenvalue weighted by atomic mass is 16.3. The summed E-state index contributed by atoms with van der Waals surface area (Å²) in [5.41, 5.74) is 17.5. The quantitative estimate of drug-likeness (QED) is 0.209. The lowest BCUT2D eigenvalue weighted by Crippen LogP contribution is -2.55. The van der Waals surface area contributed by atoms with Crippen LogP contribution >= 0.6 is 0 Å². The minimum Gasteiger partial charge on any atom is -0.455 e. The molecule has 7 heteroatoms. The van der Waals surface area contributed by atoms with Crippen LogP contribution in [-0.4, -0.2) is 47.1 Å². The van der Waals surface area contributed by atoms with Gasteiger partial charge < -0.3 is 4.42 Å². The minimum absolute atomic E-state index is 0.902. The highest BCUT2D eigenvalue weighted by Gasteiger charge is 2.24. The fraction of sp³-hybridized carbons (Fsp3) is 0. The zero-order valence-corrected chi connectivity index (χ0v) is 31.1. The molecule has 0 N–H and O–H groups in total. The second kappa shape index (κ2) is 11.9. The number of rotatable bonds is 3. The van der Waals surface area contributed by atoms with Crippen molar-refractivity contribution in [3.63, 3.8) is 0 Å². The molecule has 0 aliphatic carbocycles. The lowest BCUT2D eigenvalue weighted by atomic mass is 9.59. The van der Waals surface area contributed by atoms with Crippen molar-refractivity contribution in [1.29, 1.82) is 0 Å². The van der Waals surface area contributed by atoms with Crippen LogP contribution in [0.1, 0.15) is 0 Å². The van der Waals surface area contributed by atoms with Gasteiger partial charge in [0.15, 0.2) is 0 Å². The Morgan fingerprint density at radius 3 is 1.19 bits per heavy atom. The fourth-order valence-electron chi connectivity index (χ4n) is 9.45. The van der Waals surface area contributed by atoms with Crippen LogP contribution in [0, 0.1) is 0 Å². The first-order valence-electron chi connectivity index (χ1n) is 18.7. The van der Waals surface area contributed by atoms with Crippen LogP contribution in [0.2, 0.25) is 0 Å². The second-order valence-electron chi connectivity index (χ2n) is 14.9. The number of hydrogen-bond donors (Lipinski definition) is 0. The molecule has 0 radical (unpaired) electrons. The van der Waals surface area contributed by atoms with Crippen molar-refractivity contribution < 1.29 is 4.42 Å². The van der Waals surface area contributed by atoms with Crippen molar-refractivity contribution in [2.45, 2.75) is 0 Å². The Hall–Kier alpha value is -5.79. The summed E-state index contributed by atoms with van der Waals surface area (Å²) in [6.45, 7) is 0. The molecule has 10 aromatic rings. The predicted octanol–water partition coefficient (Wildman–Crippen LogP) is 2.75. The first-order valence-corrected chi connectivity index (χ1v) is 18.7. The van der Waals surface area contributed by atoms with Gasteiger partial charge >= 0.3 is 0 Å². The van der Waals surface area contributed by atoms with Gasteiger partial charge in [-0.05, 0) is 71.4 Å². The first-order chi connectivity index (χ1) is 25.8. The summed E-state index contributed by atoms with van der Waals surface area (Å²) >= 11 is 0. The van der Waals surface area contributed by atoms with Crippen molar-refractivity contribution in [2.24, 2.45) is 0 Å². The van der Waals surface area contributed by atoms with E-state index in [2.05, 4.69) is 181 Å². The maximum Gasteiger partial charge on any atom is 0.143 e. The molecule has 0 spiro atoms. The third-order valence-electron chi connectivity index (χ3n) is 12.4. The van der Waals surface area contributed by atoms with Crippen LogP contribution in [0.25, 0.3) is 98.4 Å². The van der Waals surface area contributed by atoms with E-state index in [1.807, 2.05) is 0 Å². The summed E-state index contributed by atoms with van der Waals surface area (Å²) < 4.78 is 7.01. The number of benzene rings is 9. The van der Waals surface area contributed by atoms with Crippen LogP contribution in [-0.2, 0) is 0 Å². The summed E-state index contributed by atoms with van der Waals surface area (Å²) in [6, 6.07) is 48.9. The third kappa shape index (κ3) is 4.47. The first kappa shape index (κ1) is 31.9. The highest BCUT2D eigenvalue weighted by molar-refractivity contribution is 6.69. The maximum atomic E-state index is 7.01. The number of para-hydroxylation sites is 1. The van der Waals surface area contributed by atoms with Gasteiger partial charge in [-0.1, -0.05) is 144 Å². The molecule has 242 valence electrons. The van der Waals surface area contributed by atoms with Crippen LogP contribution in [0.4, 0.5) is 0 Å². The van der Waals surface area contributed by atoms with Crippen molar-refractivity contribution in [1.82, 2.24) is 0 Å². The molecule has 0 atom stereocenters. The van der Waals surface area contributed by atoms with Gasteiger partial charge in [0.2, 0.25) is 0 Å². The predicted molar refractivity (Wildman–Crippen MR) is 249 cm³/mol. The molecular formula is C46H34B6O. The molecule has 53 heavy (non-hydrogen) atoms. The molecule has 0 bridgehead atoms. The van der Waals surface area contributed by atoms with E-state index in [0.29, 0.717) is 0 Å². The number of hydrogen-bond acceptors (Lipinski definition) is 1. The molecule has 0 saturated heterocycles. The van der Waals surface area contributed by atoms with E-state index in [1.165, 1.54) is 104 Å². The largest absolute Gasteiger partial charge is 0.455 e. The summed E-state index contributed by atoms with van der Waals surface area (Å²) in [6.07, 6.45) is 0. The van der Waals surface area contributed by atoms with E-state index < -0.39 is 0 Å². The van der Waals surface area contributed by atoms with Gasteiger partial charge in [-0.2, -0.15) is 0 Å². The normalized spacial score (nSPS) is 11.8. The summed E-state index contributed by atoms with van der Waals surface area (Å²) in [5.74, 6) is 0. The Morgan fingerprint density at radius 1 is 0.283 bits per heavy atom. The molecular weight excluding hydrogens is 633 g/mol. The van der Waals surface area contributed by atoms with Gasteiger partial charge in [-0.3, -0.25) is 0 Å². The molecule has 1 nitrogen and oxygen atoms in total. The molecule has 9 aromatic carbocycles. The third-order valence-corrected chi connectivity index (χ3v) is 12.4. The zero-order chi connectivity index (χ0) is 36.1. The lowest BCUT2D eigenvalue weighted by molar-refractivity contribution is 0.670.